The van der Waals surface area contributed by atoms with E-state index in [1.807, 2.05) is 6.92 Å². The smallest absolute Gasteiger partial charge is 0.355 e. The van der Waals surface area contributed by atoms with E-state index in [-0.39, 0.29) is 13.0 Å². The van der Waals surface area contributed by atoms with Crippen LogP contribution in [0.3, 0.4) is 0 Å². The van der Waals surface area contributed by atoms with Gasteiger partial charge in [0.25, 0.3) is 0 Å². The number of piperidine rings is 1. The van der Waals surface area contributed by atoms with E-state index in [1.54, 1.807) is 11.1 Å². The molecule has 1 saturated heterocycles. The molecule has 4 nitrogen and oxygen atoms in total. The third kappa shape index (κ3) is 3.53. The van der Waals surface area contributed by atoms with Gasteiger partial charge in [-0.25, -0.2) is 4.98 Å². The fraction of sp³-hybridized carbons (Fsp3) is 0.667. The molecule has 1 N–H and O–H groups in total. The van der Waals surface area contributed by atoms with Crippen molar-refractivity contribution in [1.29, 1.82) is 0 Å². The van der Waals surface area contributed by atoms with E-state index in [0.29, 0.717) is 35.7 Å². The lowest BCUT2D eigenvalue weighted by Gasteiger charge is -2.34. The van der Waals surface area contributed by atoms with Crippen LogP contribution in [0.25, 0.3) is 0 Å². The van der Waals surface area contributed by atoms with Crippen LogP contribution in [0.15, 0.2) is 10.7 Å². The summed E-state index contributed by atoms with van der Waals surface area (Å²) < 4.78 is 39.2. The highest BCUT2D eigenvalue weighted by Crippen LogP contribution is 2.36. The molecule has 1 aliphatic heterocycles. The molecule has 0 bridgehead atoms. The number of anilines is 2. The van der Waals surface area contributed by atoms with Gasteiger partial charge in [0.1, 0.15) is 5.82 Å². The predicted molar refractivity (Wildman–Crippen MR) is 74.9 cm³/mol. The lowest BCUT2D eigenvalue weighted by molar-refractivity contribution is -0.176. The summed E-state index contributed by atoms with van der Waals surface area (Å²) in [6, 6.07) is 0. The summed E-state index contributed by atoms with van der Waals surface area (Å²) in [4.78, 5) is 10.0. The Hall–Kier alpha value is -1.05. The zero-order chi connectivity index (χ0) is 14.8. The molecule has 0 aliphatic carbocycles. The lowest BCUT2D eigenvalue weighted by Crippen LogP contribution is -2.42. The highest BCUT2D eigenvalue weighted by Gasteiger charge is 2.42. The molecule has 112 valence electrons. The average molecular weight is 353 g/mol. The molecule has 0 saturated carbocycles. The van der Waals surface area contributed by atoms with Gasteiger partial charge in [-0.3, -0.25) is 0 Å². The summed E-state index contributed by atoms with van der Waals surface area (Å²) in [5, 5.41) is 2.96. The molecular formula is C12H16BrF3N4. The van der Waals surface area contributed by atoms with Gasteiger partial charge in [0, 0.05) is 25.8 Å². The first-order valence-electron chi connectivity index (χ1n) is 6.50. The molecular weight excluding hydrogens is 337 g/mol. The normalized spacial score (nSPS) is 20.1. The maximum Gasteiger partial charge on any atom is 0.393 e. The zero-order valence-electron chi connectivity index (χ0n) is 11.0. The number of aromatic nitrogens is 2. The van der Waals surface area contributed by atoms with Crippen LogP contribution < -0.4 is 10.2 Å². The molecule has 0 spiro atoms. The molecule has 0 aromatic carbocycles. The molecule has 1 unspecified atom stereocenters. The third-order valence-corrected chi connectivity index (χ3v) is 3.80. The number of alkyl halides is 3. The van der Waals surface area contributed by atoms with Crippen LogP contribution in [0.2, 0.25) is 0 Å². The third-order valence-electron chi connectivity index (χ3n) is 3.24. The van der Waals surface area contributed by atoms with Crippen molar-refractivity contribution in [1.82, 2.24) is 9.97 Å². The molecule has 2 rings (SSSR count). The van der Waals surface area contributed by atoms with Crippen LogP contribution in [0.1, 0.15) is 19.8 Å². The molecule has 8 heteroatoms. The van der Waals surface area contributed by atoms with Gasteiger partial charge in [-0.15, -0.1) is 0 Å². The van der Waals surface area contributed by atoms with Gasteiger partial charge in [-0.2, -0.15) is 18.2 Å². The predicted octanol–water partition coefficient (Wildman–Crippen LogP) is 3.45. The van der Waals surface area contributed by atoms with Crippen molar-refractivity contribution >= 4 is 27.7 Å². The number of hydrogen-bond donors (Lipinski definition) is 1. The minimum absolute atomic E-state index is 0.0509. The van der Waals surface area contributed by atoms with Crippen LogP contribution in [0.5, 0.6) is 0 Å². The largest absolute Gasteiger partial charge is 0.393 e. The number of nitrogens with zero attached hydrogens (tertiary/aromatic N) is 3. The Kier molecular flexibility index (Phi) is 4.72. The van der Waals surface area contributed by atoms with Crippen molar-refractivity contribution in [2.24, 2.45) is 5.92 Å². The minimum atomic E-state index is -4.15. The maximum absolute atomic E-state index is 12.8. The molecule has 1 aromatic rings. The Morgan fingerprint density at radius 3 is 2.90 bits per heavy atom. The summed E-state index contributed by atoms with van der Waals surface area (Å²) in [6.45, 7) is 3.09. The van der Waals surface area contributed by atoms with Crippen molar-refractivity contribution in [2.45, 2.75) is 25.9 Å². The SMILES string of the molecule is CCNc1ncc(Br)c(N2CCCC(C(F)(F)F)C2)n1. The molecule has 20 heavy (non-hydrogen) atoms. The molecule has 1 aromatic heterocycles. The number of halogens is 4. The van der Waals surface area contributed by atoms with E-state index in [9.17, 15) is 13.2 Å². The van der Waals surface area contributed by atoms with Gasteiger partial charge >= 0.3 is 6.18 Å². The van der Waals surface area contributed by atoms with Crippen LogP contribution in [0, 0.1) is 5.92 Å². The van der Waals surface area contributed by atoms with E-state index >= 15 is 0 Å². The first-order valence-corrected chi connectivity index (χ1v) is 7.29. The molecule has 1 aliphatic rings. The standard InChI is InChI=1S/C12H16BrF3N4/c1-2-17-11-18-6-9(13)10(19-11)20-5-3-4-8(7-20)12(14,15)16/h6,8H,2-5,7H2,1H3,(H,17,18,19). The fourth-order valence-corrected chi connectivity index (χ4v) is 2.70. The second-order valence-electron chi connectivity index (χ2n) is 4.72. The van der Waals surface area contributed by atoms with E-state index < -0.39 is 12.1 Å². The Morgan fingerprint density at radius 2 is 2.25 bits per heavy atom. The van der Waals surface area contributed by atoms with Crippen LogP contribution >= 0.6 is 15.9 Å². The van der Waals surface area contributed by atoms with E-state index in [4.69, 9.17) is 0 Å². The van der Waals surface area contributed by atoms with Crippen LogP contribution in [0.4, 0.5) is 24.9 Å². The second-order valence-corrected chi connectivity index (χ2v) is 5.58. The molecule has 0 radical (unpaired) electrons. The van der Waals surface area contributed by atoms with Gasteiger partial charge in [0.05, 0.1) is 10.4 Å². The molecule has 0 amide bonds. The summed E-state index contributed by atoms with van der Waals surface area (Å²) in [5.41, 5.74) is 0. The van der Waals surface area contributed by atoms with Crippen molar-refractivity contribution in [3.8, 4) is 0 Å². The minimum Gasteiger partial charge on any atom is -0.355 e. The first kappa shape index (κ1) is 15.3. The molecule has 1 atom stereocenters. The molecule has 2 heterocycles. The second kappa shape index (κ2) is 6.15. The van der Waals surface area contributed by atoms with Gasteiger partial charge in [0.15, 0.2) is 0 Å². The number of rotatable bonds is 3. The Balaban J connectivity index is 2.20. The van der Waals surface area contributed by atoms with Crippen molar-refractivity contribution in [3.05, 3.63) is 10.7 Å². The first-order chi connectivity index (χ1) is 9.41. The molecule has 1 fully saturated rings. The van der Waals surface area contributed by atoms with E-state index in [1.165, 1.54) is 0 Å². The van der Waals surface area contributed by atoms with E-state index in [2.05, 4.69) is 31.2 Å². The van der Waals surface area contributed by atoms with Gasteiger partial charge in [-0.05, 0) is 35.7 Å². The Bertz CT molecular complexity index is 467. The van der Waals surface area contributed by atoms with Gasteiger partial charge < -0.3 is 10.2 Å². The topological polar surface area (TPSA) is 41.1 Å². The summed E-state index contributed by atoms with van der Waals surface area (Å²) in [5.74, 6) is -0.342. The van der Waals surface area contributed by atoms with Gasteiger partial charge in [0.2, 0.25) is 5.95 Å². The number of nitrogens with one attached hydrogen (secondary N) is 1. The fourth-order valence-electron chi connectivity index (χ4n) is 2.26. The Labute approximate surface area is 123 Å². The average Bonchev–Trinajstić information content (AvgIpc) is 2.40. The number of hydrogen-bond acceptors (Lipinski definition) is 4. The summed E-state index contributed by atoms with van der Waals surface area (Å²) in [6.07, 6.45) is -1.89. The zero-order valence-corrected chi connectivity index (χ0v) is 12.6. The van der Waals surface area contributed by atoms with Gasteiger partial charge in [-0.1, -0.05) is 0 Å². The van der Waals surface area contributed by atoms with Crippen LogP contribution in [-0.2, 0) is 0 Å². The highest BCUT2D eigenvalue weighted by molar-refractivity contribution is 9.10. The Morgan fingerprint density at radius 1 is 1.50 bits per heavy atom. The monoisotopic (exact) mass is 352 g/mol. The summed E-state index contributed by atoms with van der Waals surface area (Å²) in [7, 11) is 0. The highest BCUT2D eigenvalue weighted by atomic mass is 79.9. The summed E-state index contributed by atoms with van der Waals surface area (Å²) >= 11 is 3.31. The maximum atomic E-state index is 12.8. The van der Waals surface area contributed by atoms with Crippen LogP contribution in [-0.4, -0.2) is 35.8 Å². The quantitative estimate of drug-likeness (QED) is 0.904. The lowest BCUT2D eigenvalue weighted by atomic mass is 9.97. The van der Waals surface area contributed by atoms with Crippen molar-refractivity contribution in [3.63, 3.8) is 0 Å². The van der Waals surface area contributed by atoms with Crippen molar-refractivity contribution in [2.75, 3.05) is 29.9 Å². The van der Waals surface area contributed by atoms with E-state index in [0.717, 1.165) is 0 Å². The van der Waals surface area contributed by atoms with Crippen molar-refractivity contribution < 1.29 is 13.2 Å².